The van der Waals surface area contributed by atoms with E-state index < -0.39 is 0 Å². The first-order valence-corrected chi connectivity index (χ1v) is 5.89. The number of thioether (sulfide) groups is 1. The number of fused-ring (bicyclic) bond motifs is 1. The van der Waals surface area contributed by atoms with Crippen LogP contribution < -0.4 is 5.73 Å². The van der Waals surface area contributed by atoms with Crippen molar-refractivity contribution in [3.8, 4) is 0 Å². The van der Waals surface area contributed by atoms with E-state index in [4.69, 9.17) is 5.73 Å². The van der Waals surface area contributed by atoms with Crippen LogP contribution in [0.1, 0.15) is 0 Å². The fourth-order valence-electron chi connectivity index (χ4n) is 1.06. The molecule has 5 heteroatoms. The van der Waals surface area contributed by atoms with Crippen molar-refractivity contribution in [3.63, 3.8) is 0 Å². The molecule has 0 radical (unpaired) electrons. The Bertz CT molecular complexity index is 369. The van der Waals surface area contributed by atoms with E-state index in [0.29, 0.717) is 6.54 Å². The van der Waals surface area contributed by atoms with E-state index in [1.807, 2.05) is 18.2 Å². The first-order chi connectivity index (χ1) is 6.40. The van der Waals surface area contributed by atoms with E-state index in [9.17, 15) is 0 Å². The molecular weight excluding hydrogens is 236 g/mol. The SMILES string of the molecule is Cl.NCCSc1nc2ccccc2s1. The molecule has 2 rings (SSSR count). The van der Waals surface area contributed by atoms with E-state index in [0.717, 1.165) is 15.6 Å². The number of nitrogens with zero attached hydrogens (tertiary/aromatic N) is 1. The summed E-state index contributed by atoms with van der Waals surface area (Å²) in [7, 11) is 0. The molecule has 0 saturated carbocycles. The van der Waals surface area contributed by atoms with Crippen LogP contribution in [0.5, 0.6) is 0 Å². The van der Waals surface area contributed by atoms with Crippen LogP contribution in [0, 0.1) is 0 Å². The molecule has 1 aromatic heterocycles. The Hall–Kier alpha value is -0.290. The van der Waals surface area contributed by atoms with Crippen LogP contribution in [0.4, 0.5) is 0 Å². The molecule has 0 aliphatic rings. The standard InChI is InChI=1S/C9H10N2S2.ClH/c10-5-6-12-9-11-7-3-1-2-4-8(7)13-9;/h1-4H,5-6,10H2;1H. The van der Waals surface area contributed by atoms with Crippen molar-refractivity contribution in [1.29, 1.82) is 0 Å². The van der Waals surface area contributed by atoms with Crippen molar-refractivity contribution in [2.75, 3.05) is 12.3 Å². The summed E-state index contributed by atoms with van der Waals surface area (Å²) in [6.45, 7) is 0.709. The quantitative estimate of drug-likeness (QED) is 0.847. The van der Waals surface area contributed by atoms with Gasteiger partial charge in [-0.15, -0.1) is 23.7 Å². The lowest BCUT2D eigenvalue weighted by Crippen LogP contribution is -2.00. The minimum Gasteiger partial charge on any atom is -0.330 e. The highest BCUT2D eigenvalue weighted by molar-refractivity contribution is 8.01. The molecule has 0 aliphatic heterocycles. The molecule has 0 unspecified atom stereocenters. The first kappa shape index (κ1) is 11.8. The largest absolute Gasteiger partial charge is 0.330 e. The topological polar surface area (TPSA) is 38.9 Å². The van der Waals surface area contributed by atoms with Crippen molar-refractivity contribution in [1.82, 2.24) is 4.98 Å². The summed E-state index contributed by atoms with van der Waals surface area (Å²) in [6, 6.07) is 8.19. The van der Waals surface area contributed by atoms with E-state index in [1.165, 1.54) is 4.70 Å². The van der Waals surface area contributed by atoms with Crippen LogP contribution in [0.15, 0.2) is 28.6 Å². The predicted molar refractivity (Wildman–Crippen MR) is 66.6 cm³/mol. The van der Waals surface area contributed by atoms with Crippen molar-refractivity contribution in [2.45, 2.75) is 4.34 Å². The Labute approximate surface area is 97.3 Å². The zero-order valence-electron chi connectivity index (χ0n) is 7.47. The van der Waals surface area contributed by atoms with Crippen LogP contribution >= 0.6 is 35.5 Å². The summed E-state index contributed by atoms with van der Waals surface area (Å²) in [5.74, 6) is 0.944. The molecule has 0 saturated heterocycles. The summed E-state index contributed by atoms with van der Waals surface area (Å²) in [5, 5.41) is 0. The van der Waals surface area contributed by atoms with Gasteiger partial charge in [0, 0.05) is 12.3 Å². The van der Waals surface area contributed by atoms with Crippen LogP contribution in [0.3, 0.4) is 0 Å². The average Bonchev–Trinajstić information content (AvgIpc) is 2.57. The van der Waals surface area contributed by atoms with Crippen molar-refractivity contribution >= 4 is 45.7 Å². The Morgan fingerprint density at radius 1 is 1.36 bits per heavy atom. The number of halogens is 1. The third kappa shape index (κ3) is 2.60. The van der Waals surface area contributed by atoms with E-state index >= 15 is 0 Å². The van der Waals surface area contributed by atoms with Gasteiger partial charge in [0.05, 0.1) is 10.2 Å². The summed E-state index contributed by atoms with van der Waals surface area (Å²) in [5.41, 5.74) is 6.52. The summed E-state index contributed by atoms with van der Waals surface area (Å²) in [6.07, 6.45) is 0. The van der Waals surface area contributed by atoms with Gasteiger partial charge in [0.25, 0.3) is 0 Å². The molecule has 76 valence electrons. The minimum atomic E-state index is 0. The number of nitrogens with two attached hydrogens (primary N) is 1. The third-order valence-electron chi connectivity index (χ3n) is 1.62. The molecule has 2 nitrogen and oxygen atoms in total. The maximum Gasteiger partial charge on any atom is 0.151 e. The van der Waals surface area contributed by atoms with Gasteiger partial charge in [0.1, 0.15) is 0 Å². The Kier molecular flexibility index (Phi) is 4.68. The predicted octanol–water partition coefficient (Wildman–Crippen LogP) is 2.77. The van der Waals surface area contributed by atoms with Crippen LogP contribution in [-0.4, -0.2) is 17.3 Å². The molecule has 2 aromatic rings. The van der Waals surface area contributed by atoms with E-state index in [1.54, 1.807) is 23.1 Å². The number of aromatic nitrogens is 1. The molecule has 0 amide bonds. The van der Waals surface area contributed by atoms with Gasteiger partial charge in [-0.1, -0.05) is 23.9 Å². The fourth-order valence-corrected chi connectivity index (χ4v) is 2.97. The van der Waals surface area contributed by atoms with Crippen LogP contribution in [0.2, 0.25) is 0 Å². The maximum absolute atomic E-state index is 5.43. The van der Waals surface area contributed by atoms with Gasteiger partial charge in [-0.3, -0.25) is 0 Å². The van der Waals surface area contributed by atoms with Gasteiger partial charge in [0.2, 0.25) is 0 Å². The molecule has 1 aromatic carbocycles. The molecule has 0 fully saturated rings. The minimum absolute atomic E-state index is 0. The number of benzene rings is 1. The van der Waals surface area contributed by atoms with Gasteiger partial charge < -0.3 is 5.73 Å². The second-order valence-corrected chi connectivity index (χ2v) is 4.96. The highest BCUT2D eigenvalue weighted by Gasteiger charge is 2.01. The summed E-state index contributed by atoms with van der Waals surface area (Å²) >= 11 is 3.46. The van der Waals surface area contributed by atoms with E-state index in [2.05, 4.69) is 11.1 Å². The monoisotopic (exact) mass is 246 g/mol. The molecule has 0 atom stereocenters. The highest BCUT2D eigenvalue weighted by atomic mass is 35.5. The van der Waals surface area contributed by atoms with Crippen molar-refractivity contribution in [2.24, 2.45) is 5.73 Å². The average molecular weight is 247 g/mol. The van der Waals surface area contributed by atoms with E-state index in [-0.39, 0.29) is 12.4 Å². The van der Waals surface area contributed by atoms with Gasteiger partial charge in [-0.25, -0.2) is 4.98 Å². The Morgan fingerprint density at radius 3 is 2.86 bits per heavy atom. The van der Waals surface area contributed by atoms with Crippen molar-refractivity contribution in [3.05, 3.63) is 24.3 Å². The Balaban J connectivity index is 0.000000980. The molecule has 2 N–H and O–H groups in total. The molecule has 0 aliphatic carbocycles. The fraction of sp³-hybridized carbons (Fsp3) is 0.222. The second kappa shape index (κ2) is 5.56. The lowest BCUT2D eigenvalue weighted by molar-refractivity contribution is 1.14. The molecular formula is C9H11ClN2S2. The van der Waals surface area contributed by atoms with Gasteiger partial charge >= 0.3 is 0 Å². The van der Waals surface area contributed by atoms with Crippen LogP contribution in [-0.2, 0) is 0 Å². The molecule has 1 heterocycles. The molecule has 0 bridgehead atoms. The summed E-state index contributed by atoms with van der Waals surface area (Å²) < 4.78 is 2.37. The van der Waals surface area contributed by atoms with Crippen molar-refractivity contribution < 1.29 is 0 Å². The number of hydrogen-bond acceptors (Lipinski definition) is 4. The number of hydrogen-bond donors (Lipinski definition) is 1. The number of para-hydroxylation sites is 1. The highest BCUT2D eigenvalue weighted by Crippen LogP contribution is 2.28. The van der Waals surface area contributed by atoms with Crippen LogP contribution in [0.25, 0.3) is 10.2 Å². The normalized spacial score (nSPS) is 10.1. The number of rotatable bonds is 3. The lowest BCUT2D eigenvalue weighted by Gasteiger charge is -1.89. The first-order valence-electron chi connectivity index (χ1n) is 4.08. The smallest absolute Gasteiger partial charge is 0.151 e. The molecule has 0 spiro atoms. The molecule has 14 heavy (non-hydrogen) atoms. The van der Waals surface area contributed by atoms with Gasteiger partial charge in [0.15, 0.2) is 4.34 Å². The van der Waals surface area contributed by atoms with Gasteiger partial charge in [-0.05, 0) is 12.1 Å². The maximum atomic E-state index is 5.43. The summed E-state index contributed by atoms with van der Waals surface area (Å²) in [4.78, 5) is 4.48. The zero-order chi connectivity index (χ0) is 9.10. The second-order valence-electron chi connectivity index (χ2n) is 2.58. The number of thiazole rings is 1. The van der Waals surface area contributed by atoms with Gasteiger partial charge in [-0.2, -0.15) is 0 Å². The third-order valence-corrected chi connectivity index (χ3v) is 3.83. The lowest BCUT2D eigenvalue weighted by atomic mass is 10.3. The Morgan fingerprint density at radius 2 is 2.14 bits per heavy atom. The zero-order valence-corrected chi connectivity index (χ0v) is 9.92.